The fraction of sp³-hybridized carbons (Fsp3) is 0.632. The lowest BCUT2D eigenvalue weighted by Crippen LogP contribution is -2.41. The van der Waals surface area contributed by atoms with Crippen molar-refractivity contribution in [1.82, 2.24) is 4.90 Å². The summed E-state index contributed by atoms with van der Waals surface area (Å²) < 4.78 is 12.2. The summed E-state index contributed by atoms with van der Waals surface area (Å²) in [6.45, 7) is 11.7. The van der Waals surface area contributed by atoms with E-state index in [1.807, 2.05) is 24.0 Å². The number of hydrogen-bond acceptors (Lipinski definition) is 3. The third kappa shape index (κ3) is 3.38. The molecule has 2 aliphatic rings. The summed E-state index contributed by atoms with van der Waals surface area (Å²) in [6.07, 6.45) is 2.10. The second-order valence-corrected chi connectivity index (χ2v) is 7.96. The molecule has 1 saturated heterocycles. The van der Waals surface area contributed by atoms with E-state index in [1.54, 1.807) is 0 Å². The van der Waals surface area contributed by atoms with Crippen molar-refractivity contribution in [2.45, 2.75) is 65.2 Å². The molecule has 0 bridgehead atoms. The van der Waals surface area contributed by atoms with Gasteiger partial charge >= 0.3 is 7.12 Å². The fourth-order valence-electron chi connectivity index (χ4n) is 2.91. The molecular weight excluding hydrogens is 301 g/mol. The molecule has 5 heteroatoms. The van der Waals surface area contributed by atoms with Gasteiger partial charge in [0.05, 0.1) is 11.2 Å². The molecule has 1 aromatic carbocycles. The van der Waals surface area contributed by atoms with Gasteiger partial charge in [-0.1, -0.05) is 24.3 Å². The summed E-state index contributed by atoms with van der Waals surface area (Å²) in [4.78, 5) is 14.2. The van der Waals surface area contributed by atoms with Crippen LogP contribution in [0.2, 0.25) is 0 Å². The minimum atomic E-state index is -0.334. The zero-order valence-electron chi connectivity index (χ0n) is 15.5. The maximum atomic E-state index is 12.2. The highest BCUT2D eigenvalue weighted by atomic mass is 16.7. The third-order valence-corrected chi connectivity index (χ3v) is 5.50. The van der Waals surface area contributed by atoms with E-state index in [2.05, 4.69) is 39.8 Å². The largest absolute Gasteiger partial charge is 0.494 e. The molecule has 1 amide bonds. The molecule has 2 fully saturated rings. The first-order chi connectivity index (χ1) is 11.2. The normalized spacial score (nSPS) is 21.8. The van der Waals surface area contributed by atoms with Gasteiger partial charge in [-0.3, -0.25) is 4.79 Å². The van der Waals surface area contributed by atoms with E-state index < -0.39 is 0 Å². The highest BCUT2D eigenvalue weighted by Gasteiger charge is 2.51. The van der Waals surface area contributed by atoms with Gasteiger partial charge in [0.2, 0.25) is 5.91 Å². The molecule has 1 aliphatic heterocycles. The smallest absolute Gasteiger partial charge is 0.399 e. The second-order valence-electron chi connectivity index (χ2n) is 7.96. The van der Waals surface area contributed by atoms with Crippen molar-refractivity contribution in [3.05, 3.63) is 29.8 Å². The fourth-order valence-corrected chi connectivity index (χ4v) is 2.91. The quantitative estimate of drug-likeness (QED) is 0.780. The third-order valence-electron chi connectivity index (χ3n) is 5.50. The van der Waals surface area contributed by atoms with E-state index in [0.717, 1.165) is 30.4 Å². The van der Waals surface area contributed by atoms with Crippen molar-refractivity contribution in [2.24, 2.45) is 5.92 Å². The average Bonchev–Trinajstić information content (AvgIpc) is 3.33. The Labute approximate surface area is 145 Å². The van der Waals surface area contributed by atoms with Crippen LogP contribution in [0.3, 0.4) is 0 Å². The van der Waals surface area contributed by atoms with Crippen LogP contribution in [0.15, 0.2) is 24.3 Å². The molecule has 1 aromatic rings. The molecule has 0 spiro atoms. The van der Waals surface area contributed by atoms with Crippen molar-refractivity contribution in [3.63, 3.8) is 0 Å². The zero-order chi connectivity index (χ0) is 17.5. The van der Waals surface area contributed by atoms with Gasteiger partial charge in [0.15, 0.2) is 0 Å². The Kier molecular flexibility index (Phi) is 4.52. The second kappa shape index (κ2) is 6.19. The van der Waals surface area contributed by atoms with Gasteiger partial charge in [0, 0.05) is 19.0 Å². The summed E-state index contributed by atoms with van der Waals surface area (Å²) in [5.74, 6) is 0.571. The van der Waals surface area contributed by atoms with Crippen molar-refractivity contribution in [2.75, 3.05) is 6.54 Å². The summed E-state index contributed by atoms with van der Waals surface area (Å²) in [7, 11) is -0.334. The first-order valence-corrected chi connectivity index (χ1v) is 8.97. The number of carbonyl (C=O) groups is 1. The number of nitrogens with zero attached hydrogens (tertiary/aromatic N) is 1. The van der Waals surface area contributed by atoms with Crippen molar-refractivity contribution in [1.29, 1.82) is 0 Å². The molecule has 0 radical (unpaired) electrons. The predicted octanol–water partition coefficient (Wildman–Crippen LogP) is 2.74. The van der Waals surface area contributed by atoms with E-state index >= 15 is 0 Å². The standard InChI is InChI=1S/C19H28BNO3/c1-6-21(17(22)15-9-10-15)13-14-7-11-16(12-8-14)20-23-18(2,3)19(4,5)24-20/h7-8,11-12,15H,6,9-10,13H2,1-5H3. The van der Waals surface area contributed by atoms with E-state index in [0.29, 0.717) is 12.5 Å². The van der Waals surface area contributed by atoms with Crippen LogP contribution in [0.25, 0.3) is 0 Å². The number of carbonyl (C=O) groups excluding carboxylic acids is 1. The SMILES string of the molecule is CCN(Cc1ccc(B2OC(C)(C)C(C)(C)O2)cc1)C(=O)C1CC1. The van der Waals surface area contributed by atoms with Gasteiger partial charge < -0.3 is 14.2 Å². The minimum Gasteiger partial charge on any atom is -0.399 e. The molecule has 1 heterocycles. The molecule has 0 aromatic heterocycles. The molecule has 4 nitrogen and oxygen atoms in total. The topological polar surface area (TPSA) is 38.8 Å². The van der Waals surface area contributed by atoms with Gasteiger partial charge in [0.1, 0.15) is 0 Å². The molecule has 24 heavy (non-hydrogen) atoms. The van der Waals surface area contributed by atoms with Crippen molar-refractivity contribution >= 4 is 18.5 Å². The maximum absolute atomic E-state index is 12.2. The van der Waals surface area contributed by atoms with E-state index in [1.165, 1.54) is 0 Å². The monoisotopic (exact) mass is 329 g/mol. The summed E-state index contributed by atoms with van der Waals surface area (Å²) in [5, 5.41) is 0. The molecule has 0 atom stereocenters. The van der Waals surface area contributed by atoms with Crippen LogP contribution in [0.5, 0.6) is 0 Å². The number of hydrogen-bond donors (Lipinski definition) is 0. The zero-order valence-corrected chi connectivity index (χ0v) is 15.5. The molecular formula is C19H28BNO3. The van der Waals surface area contributed by atoms with Crippen molar-refractivity contribution in [3.8, 4) is 0 Å². The summed E-state index contributed by atoms with van der Waals surface area (Å²) in [5.41, 5.74) is 1.51. The van der Waals surface area contributed by atoms with Gasteiger partial charge in [-0.15, -0.1) is 0 Å². The van der Waals surface area contributed by atoms with E-state index in [9.17, 15) is 4.79 Å². The number of rotatable bonds is 5. The highest BCUT2D eigenvalue weighted by Crippen LogP contribution is 2.36. The Morgan fingerprint density at radius 3 is 2.12 bits per heavy atom. The first-order valence-electron chi connectivity index (χ1n) is 8.97. The van der Waals surface area contributed by atoms with Crippen LogP contribution in [-0.4, -0.2) is 35.7 Å². The maximum Gasteiger partial charge on any atom is 0.494 e. The van der Waals surface area contributed by atoms with E-state index in [-0.39, 0.29) is 24.2 Å². The lowest BCUT2D eigenvalue weighted by atomic mass is 9.79. The van der Waals surface area contributed by atoms with E-state index in [4.69, 9.17) is 9.31 Å². The van der Waals surface area contributed by atoms with Crippen LogP contribution in [-0.2, 0) is 20.6 Å². The summed E-state index contributed by atoms with van der Waals surface area (Å²) >= 11 is 0. The van der Waals surface area contributed by atoms with Gasteiger partial charge in [-0.25, -0.2) is 0 Å². The highest BCUT2D eigenvalue weighted by molar-refractivity contribution is 6.62. The Hall–Kier alpha value is -1.33. The Morgan fingerprint density at radius 2 is 1.67 bits per heavy atom. The van der Waals surface area contributed by atoms with Crippen LogP contribution < -0.4 is 5.46 Å². The molecule has 0 N–H and O–H groups in total. The van der Waals surface area contributed by atoms with Crippen molar-refractivity contribution < 1.29 is 14.1 Å². The predicted molar refractivity (Wildman–Crippen MR) is 96.0 cm³/mol. The minimum absolute atomic E-state index is 0.272. The molecule has 0 unspecified atom stereocenters. The number of benzene rings is 1. The molecule has 3 rings (SSSR count). The first kappa shape index (κ1) is 17.5. The summed E-state index contributed by atoms with van der Waals surface area (Å²) in [6, 6.07) is 8.24. The van der Waals surface area contributed by atoms with Crippen LogP contribution >= 0.6 is 0 Å². The van der Waals surface area contributed by atoms with Crippen LogP contribution in [0, 0.1) is 5.92 Å². The molecule has 1 saturated carbocycles. The van der Waals surface area contributed by atoms with Gasteiger partial charge in [0.25, 0.3) is 0 Å². The molecule has 1 aliphatic carbocycles. The lowest BCUT2D eigenvalue weighted by molar-refractivity contribution is -0.132. The molecule has 130 valence electrons. The Balaban J connectivity index is 1.66. The lowest BCUT2D eigenvalue weighted by Gasteiger charge is -2.32. The number of amides is 1. The van der Waals surface area contributed by atoms with Gasteiger partial charge in [-0.2, -0.15) is 0 Å². The Bertz CT molecular complexity index is 592. The van der Waals surface area contributed by atoms with Crippen LogP contribution in [0.4, 0.5) is 0 Å². The van der Waals surface area contributed by atoms with Crippen LogP contribution in [0.1, 0.15) is 53.0 Å². The Morgan fingerprint density at radius 1 is 1.12 bits per heavy atom. The van der Waals surface area contributed by atoms with Gasteiger partial charge in [-0.05, 0) is 58.5 Å². The average molecular weight is 329 g/mol.